The fraction of sp³-hybridized carbons (Fsp3) is 0.841. The van der Waals surface area contributed by atoms with Gasteiger partial charge >= 0.3 is 18.1 Å². The molecule has 4 fully saturated rings. The Hall–Kier alpha value is -2.39. The summed E-state index contributed by atoms with van der Waals surface area (Å²) >= 11 is 0. The highest BCUT2D eigenvalue weighted by Crippen LogP contribution is 2.61. The second-order valence-electron chi connectivity index (χ2n) is 17.0. The van der Waals surface area contributed by atoms with E-state index < -0.39 is 12.1 Å². The topological polar surface area (TPSA) is 94.6 Å². The maximum Gasteiger partial charge on any atom is 0.508 e. The molecule has 0 heterocycles. The van der Waals surface area contributed by atoms with Crippen molar-refractivity contribution >= 4 is 18.1 Å². The summed E-state index contributed by atoms with van der Waals surface area (Å²) in [6, 6.07) is 0. The number of esters is 2. The molecule has 53 heavy (non-hydrogen) atoms. The zero-order valence-electron chi connectivity index (χ0n) is 34.2. The van der Waals surface area contributed by atoms with Crippen LogP contribution in [-0.2, 0) is 28.5 Å². The molecule has 4 saturated carbocycles. The van der Waals surface area contributed by atoms with E-state index in [1.807, 2.05) is 14.1 Å². The van der Waals surface area contributed by atoms with Crippen LogP contribution < -0.4 is 0 Å². The molecule has 1 unspecified atom stereocenters. The van der Waals surface area contributed by atoms with Gasteiger partial charge in [0.05, 0.1) is 18.9 Å². The van der Waals surface area contributed by atoms with Crippen molar-refractivity contribution in [2.24, 2.45) is 29.1 Å². The van der Waals surface area contributed by atoms with Crippen LogP contribution in [0.25, 0.3) is 0 Å². The van der Waals surface area contributed by atoms with Crippen LogP contribution >= 0.6 is 0 Å². The van der Waals surface area contributed by atoms with Crippen LogP contribution in [0.4, 0.5) is 4.79 Å². The second kappa shape index (κ2) is 26.4. The molecule has 4 rings (SSSR count). The normalized spacial score (nSPS) is 22.6. The maximum atomic E-state index is 13.1. The van der Waals surface area contributed by atoms with Crippen LogP contribution in [0, 0.1) is 29.1 Å². The number of hydrogen-bond acceptors (Lipinski definition) is 9. The first-order valence-electron chi connectivity index (χ1n) is 21.4. The zero-order chi connectivity index (χ0) is 38.2. The summed E-state index contributed by atoms with van der Waals surface area (Å²) in [5, 5.41) is 0. The van der Waals surface area contributed by atoms with Crippen molar-refractivity contribution < 1.29 is 33.3 Å². The number of likely N-dealkylation sites (N-methyl/N-ethyl adjacent to an activating group) is 2. The van der Waals surface area contributed by atoms with E-state index >= 15 is 0 Å². The van der Waals surface area contributed by atoms with Crippen LogP contribution in [0.2, 0.25) is 0 Å². The third-order valence-electron chi connectivity index (χ3n) is 11.5. The highest BCUT2D eigenvalue weighted by atomic mass is 16.7. The smallest absolute Gasteiger partial charge is 0.465 e. The Bertz CT molecular complexity index is 1050. The molecule has 4 bridgehead atoms. The van der Waals surface area contributed by atoms with Crippen molar-refractivity contribution in [1.82, 2.24) is 9.80 Å². The van der Waals surface area contributed by atoms with E-state index in [2.05, 4.69) is 48.1 Å². The number of hydrogen-bond donors (Lipinski definition) is 0. The Morgan fingerprint density at radius 1 is 0.642 bits per heavy atom. The third-order valence-corrected chi connectivity index (χ3v) is 11.5. The quantitative estimate of drug-likeness (QED) is 0.0309. The molecule has 0 saturated heterocycles. The highest BCUT2D eigenvalue weighted by Gasteiger charge is 2.51. The van der Waals surface area contributed by atoms with Crippen molar-refractivity contribution in [2.75, 3.05) is 67.2 Å². The Labute approximate surface area is 322 Å². The van der Waals surface area contributed by atoms with Gasteiger partial charge in [0.1, 0.15) is 19.8 Å². The number of carbonyl (C=O) groups is 3. The lowest BCUT2D eigenvalue weighted by Gasteiger charge is -2.56. The number of nitrogens with zero attached hydrogens (tertiary/aromatic N) is 2. The average molecular weight is 745 g/mol. The summed E-state index contributed by atoms with van der Waals surface area (Å²) in [6.07, 6.45) is 31.1. The van der Waals surface area contributed by atoms with Crippen LogP contribution in [-0.4, -0.2) is 95.1 Å². The fourth-order valence-corrected chi connectivity index (χ4v) is 8.96. The van der Waals surface area contributed by atoms with Gasteiger partial charge in [0.2, 0.25) is 0 Å². The lowest BCUT2D eigenvalue weighted by Crippen LogP contribution is -2.47. The van der Waals surface area contributed by atoms with Crippen molar-refractivity contribution in [3.63, 3.8) is 0 Å². The molecule has 0 aromatic rings. The maximum absolute atomic E-state index is 13.1. The molecule has 0 N–H and O–H groups in total. The Morgan fingerprint density at radius 3 is 1.83 bits per heavy atom. The SMILES string of the molecule is CCCCC/C=C\C/C=C\CCCCCCCCC(=O)OCC(COC(=O)CC12CC3CC(CC(C3)C1)C2)COC(=O)OCCCN(C)CCN(C)C. The molecular formula is C44H76N2O7. The Kier molecular flexibility index (Phi) is 22.4. The van der Waals surface area contributed by atoms with Gasteiger partial charge in [-0.1, -0.05) is 69.8 Å². The fourth-order valence-electron chi connectivity index (χ4n) is 8.96. The summed E-state index contributed by atoms with van der Waals surface area (Å²) in [5.41, 5.74) is 0.0937. The molecule has 4 aliphatic carbocycles. The minimum absolute atomic E-state index is 0.0373. The van der Waals surface area contributed by atoms with Gasteiger partial charge in [-0.15, -0.1) is 0 Å². The zero-order valence-corrected chi connectivity index (χ0v) is 34.2. The van der Waals surface area contributed by atoms with Gasteiger partial charge in [-0.3, -0.25) is 9.59 Å². The standard InChI is InChI=1S/C44H76N2O7/c1-5-6-7-8-9-10-11-12-13-14-15-16-17-18-19-20-22-41(47)51-34-40(36-53-43(49)50-26-21-23-46(4)25-24-45(2)3)35-52-42(48)33-44-30-37-27-38(31-44)29-39(28-37)32-44/h9-10,12-13,37-40H,5-8,11,14-36H2,1-4H3/b10-9-,13-12-. The summed E-state index contributed by atoms with van der Waals surface area (Å²) in [5.74, 6) is 1.41. The van der Waals surface area contributed by atoms with Crippen LogP contribution in [0.5, 0.6) is 0 Å². The van der Waals surface area contributed by atoms with Crippen molar-refractivity contribution in [3.05, 3.63) is 24.3 Å². The van der Waals surface area contributed by atoms with Crippen molar-refractivity contribution in [1.29, 1.82) is 0 Å². The van der Waals surface area contributed by atoms with Gasteiger partial charge in [0, 0.05) is 26.1 Å². The minimum Gasteiger partial charge on any atom is -0.465 e. The Morgan fingerprint density at radius 2 is 1.21 bits per heavy atom. The number of carbonyl (C=O) groups excluding carboxylic acids is 3. The summed E-state index contributed by atoms with van der Waals surface area (Å²) in [7, 11) is 6.14. The number of ether oxygens (including phenoxy) is 4. The predicted molar refractivity (Wildman–Crippen MR) is 213 cm³/mol. The van der Waals surface area contributed by atoms with E-state index in [1.54, 1.807) is 0 Å². The van der Waals surface area contributed by atoms with E-state index in [1.165, 1.54) is 64.2 Å². The average Bonchev–Trinajstić information content (AvgIpc) is 3.11. The lowest BCUT2D eigenvalue weighted by molar-refractivity contribution is -0.155. The van der Waals surface area contributed by atoms with Gasteiger partial charge in [0.25, 0.3) is 0 Å². The number of unbranched alkanes of at least 4 members (excludes halogenated alkanes) is 9. The van der Waals surface area contributed by atoms with Crippen LogP contribution in [0.15, 0.2) is 24.3 Å². The van der Waals surface area contributed by atoms with Gasteiger partial charge < -0.3 is 28.7 Å². The molecule has 0 radical (unpaired) electrons. The number of rotatable bonds is 30. The van der Waals surface area contributed by atoms with E-state index in [0.717, 1.165) is 88.8 Å². The van der Waals surface area contributed by atoms with E-state index in [9.17, 15) is 14.4 Å². The highest BCUT2D eigenvalue weighted by molar-refractivity contribution is 5.70. The Balaban J connectivity index is 1.30. The molecule has 9 heteroatoms. The molecule has 0 amide bonds. The first-order valence-corrected chi connectivity index (χ1v) is 21.4. The second-order valence-corrected chi connectivity index (χ2v) is 17.0. The first-order chi connectivity index (χ1) is 25.7. The largest absolute Gasteiger partial charge is 0.508 e. The lowest BCUT2D eigenvalue weighted by atomic mass is 9.49. The molecule has 0 aliphatic heterocycles. The predicted octanol–water partition coefficient (Wildman–Crippen LogP) is 9.54. The molecule has 9 nitrogen and oxygen atoms in total. The van der Waals surface area contributed by atoms with E-state index in [-0.39, 0.29) is 43.8 Å². The summed E-state index contributed by atoms with van der Waals surface area (Å²) < 4.78 is 22.1. The molecule has 0 aromatic heterocycles. The first kappa shape index (κ1) is 45.0. The molecule has 304 valence electrons. The molecule has 1 atom stereocenters. The third kappa shape index (κ3) is 20.2. The van der Waals surface area contributed by atoms with Gasteiger partial charge in [-0.05, 0) is 128 Å². The van der Waals surface area contributed by atoms with Gasteiger partial charge in [0.15, 0.2) is 0 Å². The monoisotopic (exact) mass is 745 g/mol. The molecule has 4 aliphatic rings. The van der Waals surface area contributed by atoms with Crippen molar-refractivity contribution in [3.8, 4) is 0 Å². The number of allylic oxidation sites excluding steroid dienone is 4. The minimum atomic E-state index is -0.751. The van der Waals surface area contributed by atoms with Gasteiger partial charge in [-0.25, -0.2) is 4.79 Å². The van der Waals surface area contributed by atoms with Crippen LogP contribution in [0.1, 0.15) is 142 Å². The van der Waals surface area contributed by atoms with Crippen LogP contribution in [0.3, 0.4) is 0 Å². The molecular weight excluding hydrogens is 668 g/mol. The van der Waals surface area contributed by atoms with E-state index in [0.29, 0.717) is 19.3 Å². The van der Waals surface area contributed by atoms with Gasteiger partial charge in [-0.2, -0.15) is 0 Å². The van der Waals surface area contributed by atoms with Crippen molar-refractivity contribution in [2.45, 2.75) is 142 Å². The summed E-state index contributed by atoms with van der Waals surface area (Å²) in [4.78, 5) is 42.5. The van der Waals surface area contributed by atoms with E-state index in [4.69, 9.17) is 18.9 Å². The summed E-state index contributed by atoms with van der Waals surface area (Å²) in [6.45, 7) is 5.27. The molecule has 0 aromatic carbocycles. The molecule has 0 spiro atoms.